The van der Waals surface area contributed by atoms with Crippen molar-refractivity contribution in [1.82, 2.24) is 0 Å². The summed E-state index contributed by atoms with van der Waals surface area (Å²) < 4.78 is 11.4. The van der Waals surface area contributed by atoms with E-state index in [0.717, 1.165) is 6.42 Å². The maximum atomic E-state index is 12.0. The highest BCUT2D eigenvalue weighted by molar-refractivity contribution is 5.75. The molecule has 0 radical (unpaired) electrons. The summed E-state index contributed by atoms with van der Waals surface area (Å²) in [5.74, 6) is -0.946. The number of aliphatic hydroxyl groups is 2. The molecular weight excluding hydrogens is 272 g/mol. The van der Waals surface area contributed by atoms with Crippen molar-refractivity contribution in [2.75, 3.05) is 7.11 Å². The third kappa shape index (κ3) is 2.05. The monoisotopic (exact) mass is 298 g/mol. The van der Waals surface area contributed by atoms with Crippen LogP contribution in [0.2, 0.25) is 0 Å². The molecular formula is C16H26O5. The molecule has 1 heterocycles. The van der Waals surface area contributed by atoms with E-state index in [4.69, 9.17) is 9.47 Å². The van der Waals surface area contributed by atoms with E-state index in [-0.39, 0.29) is 29.6 Å². The van der Waals surface area contributed by atoms with Gasteiger partial charge in [0.15, 0.2) is 0 Å². The summed E-state index contributed by atoms with van der Waals surface area (Å²) in [5, 5.41) is 21.5. The largest absolute Gasteiger partial charge is 0.461 e. The smallest absolute Gasteiger partial charge is 0.309 e. The van der Waals surface area contributed by atoms with Gasteiger partial charge in [-0.1, -0.05) is 6.92 Å². The molecule has 1 saturated heterocycles. The number of methoxy groups -OCH3 is 1. The SMILES string of the molecule is CO[C@]1(C)C[C@H](O)[C@@H]2[C@H](OC(=O)[C@H]2C)[C@@H]2[C@H]1CC[C@@]2(C)O. The van der Waals surface area contributed by atoms with E-state index >= 15 is 0 Å². The quantitative estimate of drug-likeness (QED) is 0.709. The zero-order valence-electron chi connectivity index (χ0n) is 13.2. The van der Waals surface area contributed by atoms with Crippen molar-refractivity contribution in [3.63, 3.8) is 0 Å². The molecule has 5 heteroatoms. The van der Waals surface area contributed by atoms with Crippen LogP contribution in [0.5, 0.6) is 0 Å². The lowest BCUT2D eigenvalue weighted by molar-refractivity contribution is -0.154. The van der Waals surface area contributed by atoms with Gasteiger partial charge >= 0.3 is 5.97 Å². The molecule has 0 unspecified atom stereocenters. The summed E-state index contributed by atoms with van der Waals surface area (Å²) >= 11 is 0. The van der Waals surface area contributed by atoms with Crippen LogP contribution < -0.4 is 0 Å². The summed E-state index contributed by atoms with van der Waals surface area (Å²) in [6, 6.07) is 0. The molecule has 5 nitrogen and oxygen atoms in total. The Morgan fingerprint density at radius 2 is 2.05 bits per heavy atom. The summed E-state index contributed by atoms with van der Waals surface area (Å²) in [5.41, 5.74) is -1.39. The highest BCUT2D eigenvalue weighted by Crippen LogP contribution is 2.56. The summed E-state index contributed by atoms with van der Waals surface area (Å²) in [7, 11) is 1.66. The van der Waals surface area contributed by atoms with Crippen LogP contribution >= 0.6 is 0 Å². The van der Waals surface area contributed by atoms with Gasteiger partial charge < -0.3 is 19.7 Å². The van der Waals surface area contributed by atoms with Gasteiger partial charge in [-0.25, -0.2) is 0 Å². The van der Waals surface area contributed by atoms with Gasteiger partial charge in [0.2, 0.25) is 0 Å². The summed E-state index contributed by atoms with van der Waals surface area (Å²) in [6.07, 6.45) is 0.907. The number of fused-ring (bicyclic) bond motifs is 3. The van der Waals surface area contributed by atoms with Crippen LogP contribution in [-0.2, 0) is 14.3 Å². The van der Waals surface area contributed by atoms with E-state index in [1.807, 2.05) is 20.8 Å². The molecule has 0 aromatic carbocycles. The number of rotatable bonds is 1. The van der Waals surface area contributed by atoms with Crippen LogP contribution in [0.15, 0.2) is 0 Å². The van der Waals surface area contributed by atoms with Crippen molar-refractivity contribution < 1.29 is 24.5 Å². The minimum absolute atomic E-state index is 0.0836. The Labute approximate surface area is 125 Å². The Morgan fingerprint density at radius 3 is 2.67 bits per heavy atom. The molecule has 120 valence electrons. The maximum Gasteiger partial charge on any atom is 0.309 e. The van der Waals surface area contributed by atoms with E-state index in [2.05, 4.69) is 0 Å². The van der Waals surface area contributed by atoms with Crippen LogP contribution in [0.25, 0.3) is 0 Å². The number of hydrogen-bond acceptors (Lipinski definition) is 5. The van der Waals surface area contributed by atoms with Gasteiger partial charge in [0, 0.05) is 25.4 Å². The molecule has 2 saturated carbocycles. The van der Waals surface area contributed by atoms with Gasteiger partial charge in [-0.3, -0.25) is 4.79 Å². The van der Waals surface area contributed by atoms with Gasteiger partial charge in [0.25, 0.3) is 0 Å². The van der Waals surface area contributed by atoms with Crippen molar-refractivity contribution in [1.29, 1.82) is 0 Å². The molecule has 3 rings (SSSR count). The predicted octanol–water partition coefficient (Wildman–Crippen LogP) is 1.11. The van der Waals surface area contributed by atoms with Crippen LogP contribution in [0.4, 0.5) is 0 Å². The molecule has 3 fully saturated rings. The fourth-order valence-electron chi connectivity index (χ4n) is 5.06. The highest BCUT2D eigenvalue weighted by Gasteiger charge is 2.64. The number of hydrogen-bond donors (Lipinski definition) is 2. The topological polar surface area (TPSA) is 76.0 Å². The first-order valence-corrected chi connectivity index (χ1v) is 7.87. The van der Waals surface area contributed by atoms with Crippen LogP contribution in [-0.4, -0.2) is 46.7 Å². The molecule has 0 spiro atoms. The number of ether oxygens (including phenoxy) is 2. The second-order valence-corrected chi connectivity index (χ2v) is 7.58. The second kappa shape index (κ2) is 4.67. The van der Waals surface area contributed by atoms with E-state index < -0.39 is 23.4 Å². The standard InChI is InChI=1S/C16H26O5/c1-8-11-10(17)7-16(3,20-4)9-5-6-15(2,19)12(9)13(11)21-14(8)18/h8-13,17,19H,5-7H2,1-4H3/t8-,9+,10-,11+,12-,13-,15+,16+/m0/s1. The first kappa shape index (κ1) is 15.3. The lowest BCUT2D eigenvalue weighted by Gasteiger charge is -2.39. The normalized spacial score (nSPS) is 56.6. The second-order valence-electron chi connectivity index (χ2n) is 7.58. The molecule has 8 atom stereocenters. The summed E-state index contributed by atoms with van der Waals surface area (Å²) in [4.78, 5) is 12.0. The zero-order valence-corrected chi connectivity index (χ0v) is 13.2. The lowest BCUT2D eigenvalue weighted by atomic mass is 9.74. The van der Waals surface area contributed by atoms with Gasteiger partial charge in [-0.05, 0) is 32.6 Å². The lowest BCUT2D eigenvalue weighted by Crippen LogP contribution is -2.47. The average Bonchev–Trinajstić information content (AvgIpc) is 2.83. The van der Waals surface area contributed by atoms with Gasteiger partial charge in [-0.2, -0.15) is 0 Å². The van der Waals surface area contributed by atoms with Crippen molar-refractivity contribution >= 4 is 5.97 Å². The molecule has 21 heavy (non-hydrogen) atoms. The number of aliphatic hydroxyl groups excluding tert-OH is 1. The highest BCUT2D eigenvalue weighted by atomic mass is 16.6. The Hall–Kier alpha value is -0.650. The van der Waals surface area contributed by atoms with E-state index in [1.54, 1.807) is 7.11 Å². The maximum absolute atomic E-state index is 12.0. The van der Waals surface area contributed by atoms with Crippen LogP contribution in [0.1, 0.15) is 40.0 Å². The summed E-state index contributed by atoms with van der Waals surface area (Å²) in [6.45, 7) is 5.63. The first-order valence-electron chi connectivity index (χ1n) is 7.87. The Kier molecular flexibility index (Phi) is 3.39. The number of carbonyl (C=O) groups is 1. The molecule has 0 aromatic rings. The molecule has 0 aromatic heterocycles. The zero-order chi connectivity index (χ0) is 15.6. The van der Waals surface area contributed by atoms with E-state index in [9.17, 15) is 15.0 Å². The fourth-order valence-corrected chi connectivity index (χ4v) is 5.06. The fraction of sp³-hybridized carbons (Fsp3) is 0.938. The third-order valence-corrected chi connectivity index (χ3v) is 6.36. The minimum atomic E-state index is -0.887. The van der Waals surface area contributed by atoms with E-state index in [0.29, 0.717) is 12.8 Å². The molecule has 2 N–H and O–H groups in total. The third-order valence-electron chi connectivity index (χ3n) is 6.36. The van der Waals surface area contributed by atoms with Crippen molar-refractivity contribution in [2.24, 2.45) is 23.7 Å². The molecule has 3 aliphatic rings. The van der Waals surface area contributed by atoms with Gasteiger partial charge in [-0.15, -0.1) is 0 Å². The van der Waals surface area contributed by atoms with Crippen molar-refractivity contribution in [2.45, 2.75) is 63.4 Å². The minimum Gasteiger partial charge on any atom is -0.461 e. The van der Waals surface area contributed by atoms with Gasteiger partial charge in [0.05, 0.1) is 23.2 Å². The van der Waals surface area contributed by atoms with Crippen LogP contribution in [0, 0.1) is 23.7 Å². The Morgan fingerprint density at radius 1 is 1.38 bits per heavy atom. The predicted molar refractivity (Wildman–Crippen MR) is 75.4 cm³/mol. The molecule has 2 aliphatic carbocycles. The van der Waals surface area contributed by atoms with Gasteiger partial charge in [0.1, 0.15) is 6.10 Å². The number of carbonyl (C=O) groups excluding carboxylic acids is 1. The first-order chi connectivity index (χ1) is 9.71. The average molecular weight is 298 g/mol. The van der Waals surface area contributed by atoms with E-state index in [1.165, 1.54) is 0 Å². The van der Waals surface area contributed by atoms with Crippen LogP contribution in [0.3, 0.4) is 0 Å². The molecule has 1 aliphatic heterocycles. The van der Waals surface area contributed by atoms with Crippen molar-refractivity contribution in [3.05, 3.63) is 0 Å². The Bertz CT molecular complexity index is 448. The van der Waals surface area contributed by atoms with Crippen molar-refractivity contribution in [3.8, 4) is 0 Å². The molecule has 0 amide bonds. The molecule has 0 bridgehead atoms. The number of esters is 1. The Balaban J connectivity index is 2.07.